The first-order valence-corrected chi connectivity index (χ1v) is 7.94. The van der Waals surface area contributed by atoms with Crippen LogP contribution in [0, 0.1) is 0 Å². The standard InChI is InChI=1S/C16H24BrNO/c1-4-6-10-18(11-7-5-2)14-8-9-15(13(3)19)16(17)12-14/h8-9,12H,4-7,10-11H2,1-3H3. The maximum Gasteiger partial charge on any atom is 0.160 e. The predicted molar refractivity (Wildman–Crippen MR) is 86.2 cm³/mol. The van der Waals surface area contributed by atoms with Crippen LogP contribution < -0.4 is 4.90 Å². The molecule has 0 saturated heterocycles. The summed E-state index contributed by atoms with van der Waals surface area (Å²) in [4.78, 5) is 13.9. The van der Waals surface area contributed by atoms with Gasteiger partial charge in [-0.15, -0.1) is 0 Å². The average Bonchev–Trinajstić information content (AvgIpc) is 2.38. The number of rotatable bonds is 8. The number of carbonyl (C=O) groups excluding carboxylic acids is 1. The molecule has 106 valence electrons. The SMILES string of the molecule is CCCCN(CCCC)c1ccc(C(C)=O)c(Br)c1. The number of unbranched alkanes of at least 4 members (excludes halogenated alkanes) is 2. The van der Waals surface area contributed by atoms with E-state index in [0.717, 1.165) is 23.1 Å². The third kappa shape index (κ3) is 4.98. The molecule has 0 fully saturated rings. The lowest BCUT2D eigenvalue weighted by Crippen LogP contribution is -2.25. The molecule has 0 aliphatic heterocycles. The summed E-state index contributed by atoms with van der Waals surface area (Å²) in [6.07, 6.45) is 4.82. The smallest absolute Gasteiger partial charge is 0.160 e. The molecule has 0 amide bonds. The lowest BCUT2D eigenvalue weighted by molar-refractivity contribution is 0.101. The third-order valence-electron chi connectivity index (χ3n) is 3.26. The number of ketones is 1. The highest BCUT2D eigenvalue weighted by atomic mass is 79.9. The fourth-order valence-corrected chi connectivity index (χ4v) is 2.70. The van der Waals surface area contributed by atoms with Crippen LogP contribution in [0.2, 0.25) is 0 Å². The van der Waals surface area contributed by atoms with Crippen molar-refractivity contribution in [1.82, 2.24) is 0 Å². The van der Waals surface area contributed by atoms with E-state index in [2.05, 4.69) is 46.8 Å². The molecule has 0 radical (unpaired) electrons. The molecule has 0 N–H and O–H groups in total. The lowest BCUT2D eigenvalue weighted by atomic mass is 10.1. The van der Waals surface area contributed by atoms with Crippen LogP contribution in [0.1, 0.15) is 56.8 Å². The van der Waals surface area contributed by atoms with E-state index in [1.165, 1.54) is 31.4 Å². The summed E-state index contributed by atoms with van der Waals surface area (Å²) >= 11 is 3.50. The minimum Gasteiger partial charge on any atom is -0.372 e. The van der Waals surface area contributed by atoms with Crippen molar-refractivity contribution in [3.8, 4) is 0 Å². The van der Waals surface area contributed by atoms with Gasteiger partial charge in [0.1, 0.15) is 0 Å². The molecule has 1 rings (SSSR count). The summed E-state index contributed by atoms with van der Waals surface area (Å²) in [7, 11) is 0. The van der Waals surface area contributed by atoms with Crippen molar-refractivity contribution in [2.45, 2.75) is 46.5 Å². The average molecular weight is 326 g/mol. The number of hydrogen-bond donors (Lipinski definition) is 0. The van der Waals surface area contributed by atoms with Gasteiger partial charge in [0.05, 0.1) is 0 Å². The van der Waals surface area contributed by atoms with E-state index in [4.69, 9.17) is 0 Å². The minimum absolute atomic E-state index is 0.104. The van der Waals surface area contributed by atoms with Gasteiger partial charge >= 0.3 is 0 Å². The van der Waals surface area contributed by atoms with E-state index in [1.807, 2.05) is 6.07 Å². The molecule has 0 aliphatic rings. The van der Waals surface area contributed by atoms with Crippen molar-refractivity contribution in [2.75, 3.05) is 18.0 Å². The zero-order chi connectivity index (χ0) is 14.3. The van der Waals surface area contributed by atoms with Crippen LogP contribution in [0.15, 0.2) is 22.7 Å². The summed E-state index contributed by atoms with van der Waals surface area (Å²) in [5.74, 6) is 0.104. The maximum absolute atomic E-state index is 11.4. The lowest BCUT2D eigenvalue weighted by Gasteiger charge is -2.25. The molecule has 0 heterocycles. The van der Waals surface area contributed by atoms with Gasteiger partial charge in [-0.05, 0) is 53.9 Å². The van der Waals surface area contributed by atoms with Gasteiger partial charge in [0.25, 0.3) is 0 Å². The topological polar surface area (TPSA) is 20.3 Å². The van der Waals surface area contributed by atoms with Crippen molar-refractivity contribution in [1.29, 1.82) is 0 Å². The van der Waals surface area contributed by atoms with Crippen molar-refractivity contribution >= 4 is 27.4 Å². The largest absolute Gasteiger partial charge is 0.372 e. The molecule has 3 heteroatoms. The molecule has 1 aromatic rings. The van der Waals surface area contributed by atoms with Crippen molar-refractivity contribution < 1.29 is 4.79 Å². The van der Waals surface area contributed by atoms with Crippen molar-refractivity contribution in [3.05, 3.63) is 28.2 Å². The second-order valence-electron chi connectivity index (χ2n) is 4.91. The summed E-state index contributed by atoms with van der Waals surface area (Å²) in [6, 6.07) is 6.06. The predicted octanol–water partition coefficient (Wildman–Crippen LogP) is 5.06. The quantitative estimate of drug-likeness (QED) is 0.623. The van der Waals surface area contributed by atoms with Crippen LogP contribution in [0.25, 0.3) is 0 Å². The van der Waals surface area contributed by atoms with Crippen LogP contribution in [0.3, 0.4) is 0 Å². The molecule has 0 atom stereocenters. The Balaban J connectivity index is 2.88. The van der Waals surface area contributed by atoms with Gasteiger partial charge in [-0.2, -0.15) is 0 Å². The van der Waals surface area contributed by atoms with E-state index in [9.17, 15) is 4.79 Å². The van der Waals surface area contributed by atoms with Crippen LogP contribution in [0.5, 0.6) is 0 Å². The second-order valence-corrected chi connectivity index (χ2v) is 5.77. The maximum atomic E-state index is 11.4. The normalized spacial score (nSPS) is 10.5. The fraction of sp³-hybridized carbons (Fsp3) is 0.562. The van der Waals surface area contributed by atoms with Gasteiger partial charge < -0.3 is 4.90 Å². The number of halogens is 1. The van der Waals surface area contributed by atoms with Gasteiger partial charge in [-0.3, -0.25) is 4.79 Å². The summed E-state index contributed by atoms with van der Waals surface area (Å²) in [5.41, 5.74) is 1.97. The number of carbonyl (C=O) groups is 1. The number of benzene rings is 1. The Kier molecular flexibility index (Phi) is 7.14. The van der Waals surface area contributed by atoms with Gasteiger partial charge in [0.15, 0.2) is 5.78 Å². The summed E-state index contributed by atoms with van der Waals surface area (Å²) in [6.45, 7) is 8.20. The molecular weight excluding hydrogens is 302 g/mol. The third-order valence-corrected chi connectivity index (χ3v) is 3.92. The van der Waals surface area contributed by atoms with Crippen LogP contribution in [0.4, 0.5) is 5.69 Å². The van der Waals surface area contributed by atoms with E-state index in [0.29, 0.717) is 0 Å². The zero-order valence-corrected chi connectivity index (χ0v) is 13.8. The monoisotopic (exact) mass is 325 g/mol. The van der Waals surface area contributed by atoms with E-state index in [1.54, 1.807) is 6.92 Å². The molecule has 1 aromatic carbocycles. The van der Waals surface area contributed by atoms with Gasteiger partial charge in [-0.1, -0.05) is 26.7 Å². The fourth-order valence-electron chi connectivity index (χ4n) is 2.05. The van der Waals surface area contributed by atoms with E-state index < -0.39 is 0 Å². The Labute approximate surface area is 125 Å². The van der Waals surface area contributed by atoms with Crippen LogP contribution in [-0.2, 0) is 0 Å². The number of nitrogens with zero attached hydrogens (tertiary/aromatic N) is 1. The van der Waals surface area contributed by atoms with Crippen LogP contribution >= 0.6 is 15.9 Å². The Morgan fingerprint density at radius 3 is 2.16 bits per heavy atom. The molecule has 19 heavy (non-hydrogen) atoms. The number of Topliss-reactive ketones (excluding diaryl/α,β-unsaturated/α-hetero) is 1. The number of hydrogen-bond acceptors (Lipinski definition) is 2. The number of anilines is 1. The Hall–Kier alpha value is -0.830. The Bertz CT molecular complexity index is 409. The molecule has 0 saturated carbocycles. The minimum atomic E-state index is 0.104. The summed E-state index contributed by atoms with van der Waals surface area (Å²) < 4.78 is 0.899. The molecule has 2 nitrogen and oxygen atoms in total. The van der Waals surface area contributed by atoms with E-state index in [-0.39, 0.29) is 5.78 Å². The molecule has 0 aliphatic carbocycles. The van der Waals surface area contributed by atoms with Gasteiger partial charge in [0.2, 0.25) is 0 Å². The first kappa shape index (κ1) is 16.2. The van der Waals surface area contributed by atoms with Gasteiger partial charge in [-0.25, -0.2) is 0 Å². The molecular formula is C16H24BrNO. The Morgan fingerprint density at radius 2 is 1.74 bits per heavy atom. The zero-order valence-electron chi connectivity index (χ0n) is 12.2. The molecule has 0 bridgehead atoms. The highest BCUT2D eigenvalue weighted by molar-refractivity contribution is 9.10. The molecule has 0 aromatic heterocycles. The second kappa shape index (κ2) is 8.36. The highest BCUT2D eigenvalue weighted by Crippen LogP contribution is 2.25. The molecule has 0 spiro atoms. The van der Waals surface area contributed by atoms with Crippen molar-refractivity contribution in [3.63, 3.8) is 0 Å². The van der Waals surface area contributed by atoms with Crippen molar-refractivity contribution in [2.24, 2.45) is 0 Å². The first-order valence-electron chi connectivity index (χ1n) is 7.15. The Morgan fingerprint density at radius 1 is 1.16 bits per heavy atom. The van der Waals surface area contributed by atoms with Gasteiger partial charge in [0, 0.05) is 28.8 Å². The first-order chi connectivity index (χ1) is 9.10. The summed E-state index contributed by atoms with van der Waals surface area (Å²) in [5, 5.41) is 0. The highest BCUT2D eigenvalue weighted by Gasteiger charge is 2.10. The van der Waals surface area contributed by atoms with E-state index >= 15 is 0 Å². The molecule has 0 unspecified atom stereocenters. The van der Waals surface area contributed by atoms with Crippen LogP contribution in [-0.4, -0.2) is 18.9 Å².